The van der Waals surface area contributed by atoms with Crippen molar-refractivity contribution in [1.29, 1.82) is 0 Å². The number of nitrogens with two attached hydrogens (primary N) is 1. The van der Waals surface area contributed by atoms with Gasteiger partial charge in [0.2, 0.25) is 0 Å². The predicted molar refractivity (Wildman–Crippen MR) is 68.9 cm³/mol. The summed E-state index contributed by atoms with van der Waals surface area (Å²) in [5.74, 6) is -0.230. The molecule has 0 saturated heterocycles. The Hall–Kier alpha value is -1.27. The van der Waals surface area contributed by atoms with Crippen LogP contribution in [0.4, 0.5) is 0 Å². The number of carbonyl (C=O) groups excluding carboxylic acids is 1. The first-order valence-electron chi connectivity index (χ1n) is 4.97. The molecular formula is C10H14ClN3O2S. The molecule has 5 nitrogen and oxygen atoms in total. The summed E-state index contributed by atoms with van der Waals surface area (Å²) in [6, 6.07) is 1.60. The van der Waals surface area contributed by atoms with Crippen molar-refractivity contribution in [3.63, 3.8) is 0 Å². The fraction of sp³-hybridized carbons (Fsp3) is 0.400. The number of nitrogens with zero attached hydrogens (tertiary/aromatic N) is 2. The lowest BCUT2D eigenvalue weighted by Gasteiger charge is -2.25. The van der Waals surface area contributed by atoms with Crippen LogP contribution in [0.3, 0.4) is 0 Å². The minimum Gasteiger partial charge on any atom is -0.409 e. The number of oxime groups is 1. The smallest absolute Gasteiger partial charge is 0.266 e. The Morgan fingerprint density at radius 1 is 1.71 bits per heavy atom. The van der Waals surface area contributed by atoms with Gasteiger partial charge in [0.25, 0.3) is 5.91 Å². The first-order valence-corrected chi connectivity index (χ1v) is 6.23. The van der Waals surface area contributed by atoms with Crippen molar-refractivity contribution < 1.29 is 10.0 Å². The highest BCUT2D eigenvalue weighted by Crippen LogP contribution is 2.24. The van der Waals surface area contributed by atoms with Crippen LogP contribution in [0.1, 0.15) is 23.5 Å². The van der Waals surface area contributed by atoms with Crippen LogP contribution >= 0.6 is 22.9 Å². The van der Waals surface area contributed by atoms with E-state index in [1.807, 2.05) is 13.8 Å². The minimum absolute atomic E-state index is 0.0141. The van der Waals surface area contributed by atoms with Gasteiger partial charge in [0.05, 0.1) is 11.6 Å². The summed E-state index contributed by atoms with van der Waals surface area (Å²) in [5.41, 5.74) is 5.42. The summed E-state index contributed by atoms with van der Waals surface area (Å²) in [7, 11) is 0. The van der Waals surface area contributed by atoms with Crippen LogP contribution in [0.25, 0.3) is 0 Å². The summed E-state index contributed by atoms with van der Waals surface area (Å²) in [6.07, 6.45) is 0. The molecular weight excluding hydrogens is 262 g/mol. The summed E-state index contributed by atoms with van der Waals surface area (Å²) in [6.45, 7) is 3.77. The van der Waals surface area contributed by atoms with E-state index in [0.29, 0.717) is 9.90 Å². The zero-order chi connectivity index (χ0) is 13.0. The molecule has 1 heterocycles. The SMILES string of the molecule is CC(C)N(C/C(N)=N/O)C(=O)c1sccc1Cl. The summed E-state index contributed by atoms with van der Waals surface area (Å²) in [5, 5.41) is 13.6. The second kappa shape index (κ2) is 5.88. The zero-order valence-corrected chi connectivity index (χ0v) is 11.1. The van der Waals surface area contributed by atoms with E-state index in [2.05, 4.69) is 5.16 Å². The van der Waals surface area contributed by atoms with Crippen molar-refractivity contribution in [3.05, 3.63) is 21.3 Å². The molecule has 0 radical (unpaired) electrons. The minimum atomic E-state index is -0.216. The van der Waals surface area contributed by atoms with Gasteiger partial charge < -0.3 is 15.8 Å². The van der Waals surface area contributed by atoms with Gasteiger partial charge in [0.15, 0.2) is 5.84 Å². The van der Waals surface area contributed by atoms with Crippen molar-refractivity contribution >= 4 is 34.7 Å². The van der Waals surface area contributed by atoms with Gasteiger partial charge in [0.1, 0.15) is 4.88 Å². The van der Waals surface area contributed by atoms with Crippen LogP contribution in [0.5, 0.6) is 0 Å². The van der Waals surface area contributed by atoms with Gasteiger partial charge in [-0.3, -0.25) is 4.79 Å². The van der Waals surface area contributed by atoms with E-state index < -0.39 is 0 Å². The number of hydrogen-bond acceptors (Lipinski definition) is 4. The average Bonchev–Trinajstić information content (AvgIpc) is 2.70. The fourth-order valence-corrected chi connectivity index (χ4v) is 2.36. The molecule has 17 heavy (non-hydrogen) atoms. The summed E-state index contributed by atoms with van der Waals surface area (Å²) in [4.78, 5) is 14.1. The lowest BCUT2D eigenvalue weighted by molar-refractivity contribution is 0.0739. The summed E-state index contributed by atoms with van der Waals surface area (Å²) < 4.78 is 0. The number of carbonyl (C=O) groups is 1. The predicted octanol–water partition coefficient (Wildman–Crippen LogP) is 2.00. The third-order valence-electron chi connectivity index (χ3n) is 2.16. The molecule has 1 rings (SSSR count). The zero-order valence-electron chi connectivity index (χ0n) is 9.55. The average molecular weight is 276 g/mol. The van der Waals surface area contributed by atoms with Crippen LogP contribution in [0.2, 0.25) is 5.02 Å². The van der Waals surface area contributed by atoms with Crippen molar-refractivity contribution in [1.82, 2.24) is 4.90 Å². The quantitative estimate of drug-likeness (QED) is 0.382. The van der Waals surface area contributed by atoms with Gasteiger partial charge in [-0.15, -0.1) is 11.3 Å². The highest BCUT2D eigenvalue weighted by atomic mass is 35.5. The maximum Gasteiger partial charge on any atom is 0.266 e. The standard InChI is InChI=1S/C10H14ClN3O2S/c1-6(2)14(5-8(12)13-16)10(15)9-7(11)3-4-17-9/h3-4,6,16H,5H2,1-2H3,(H2,12,13). The Morgan fingerprint density at radius 3 is 2.76 bits per heavy atom. The molecule has 0 saturated carbocycles. The highest BCUT2D eigenvalue weighted by Gasteiger charge is 2.22. The molecule has 1 aromatic rings. The van der Waals surface area contributed by atoms with E-state index >= 15 is 0 Å². The van der Waals surface area contributed by atoms with E-state index in [9.17, 15) is 4.79 Å². The van der Waals surface area contributed by atoms with Crippen molar-refractivity contribution in [2.24, 2.45) is 10.9 Å². The number of amides is 1. The van der Waals surface area contributed by atoms with Crippen molar-refractivity contribution in [3.8, 4) is 0 Å². The normalized spacial score (nSPS) is 11.9. The van der Waals surface area contributed by atoms with E-state index in [0.717, 1.165) is 0 Å². The van der Waals surface area contributed by atoms with Crippen LogP contribution in [0, 0.1) is 0 Å². The second-order valence-electron chi connectivity index (χ2n) is 3.72. The Kier molecular flexibility index (Phi) is 4.77. The highest BCUT2D eigenvalue weighted by molar-refractivity contribution is 7.12. The first kappa shape index (κ1) is 13.8. The Bertz CT molecular complexity index is 431. The number of thiophene rings is 1. The van der Waals surface area contributed by atoms with Crippen LogP contribution in [0.15, 0.2) is 16.6 Å². The van der Waals surface area contributed by atoms with Crippen LogP contribution in [-0.2, 0) is 0 Å². The lowest BCUT2D eigenvalue weighted by Crippen LogP contribution is -2.42. The largest absolute Gasteiger partial charge is 0.409 e. The molecule has 0 aromatic carbocycles. The molecule has 0 aliphatic heterocycles. The molecule has 0 aliphatic rings. The Balaban J connectivity index is 2.93. The molecule has 0 spiro atoms. The van der Waals surface area contributed by atoms with Gasteiger partial charge in [-0.1, -0.05) is 16.8 Å². The Labute approximate surface area is 108 Å². The molecule has 94 valence electrons. The van der Waals surface area contributed by atoms with E-state index in [1.54, 1.807) is 11.4 Å². The fourth-order valence-electron chi connectivity index (χ4n) is 1.27. The van der Waals surface area contributed by atoms with E-state index in [4.69, 9.17) is 22.5 Å². The van der Waals surface area contributed by atoms with Gasteiger partial charge in [-0.05, 0) is 25.3 Å². The monoisotopic (exact) mass is 275 g/mol. The second-order valence-corrected chi connectivity index (χ2v) is 5.04. The molecule has 0 unspecified atom stereocenters. The molecule has 0 atom stereocenters. The van der Waals surface area contributed by atoms with Crippen molar-refractivity contribution in [2.45, 2.75) is 19.9 Å². The van der Waals surface area contributed by atoms with Crippen molar-refractivity contribution in [2.75, 3.05) is 6.54 Å². The number of rotatable bonds is 4. The topological polar surface area (TPSA) is 78.9 Å². The maximum absolute atomic E-state index is 12.2. The van der Waals surface area contributed by atoms with Gasteiger partial charge in [-0.2, -0.15) is 0 Å². The molecule has 1 aromatic heterocycles. The molecule has 0 aliphatic carbocycles. The summed E-state index contributed by atoms with van der Waals surface area (Å²) >= 11 is 7.18. The maximum atomic E-state index is 12.2. The van der Waals surface area contributed by atoms with Gasteiger partial charge in [-0.25, -0.2) is 0 Å². The Morgan fingerprint density at radius 2 is 2.35 bits per heavy atom. The number of halogens is 1. The molecule has 1 amide bonds. The third kappa shape index (κ3) is 3.34. The van der Waals surface area contributed by atoms with Crippen LogP contribution in [-0.4, -0.2) is 34.4 Å². The van der Waals surface area contributed by atoms with Gasteiger partial charge >= 0.3 is 0 Å². The molecule has 3 N–H and O–H groups in total. The molecule has 0 bridgehead atoms. The lowest BCUT2D eigenvalue weighted by atomic mass is 10.3. The van der Waals surface area contributed by atoms with E-state index in [-0.39, 0.29) is 24.3 Å². The molecule has 7 heteroatoms. The third-order valence-corrected chi connectivity index (χ3v) is 3.49. The molecule has 0 fully saturated rings. The first-order chi connectivity index (χ1) is 7.97. The number of amidine groups is 1. The van der Waals surface area contributed by atoms with Crippen LogP contribution < -0.4 is 5.73 Å². The van der Waals surface area contributed by atoms with E-state index in [1.165, 1.54) is 16.2 Å². The van der Waals surface area contributed by atoms with Gasteiger partial charge in [0, 0.05) is 6.04 Å². The number of hydrogen-bond donors (Lipinski definition) is 2.